The van der Waals surface area contributed by atoms with Gasteiger partial charge in [-0.05, 0) is 42.2 Å². The lowest BCUT2D eigenvalue weighted by molar-refractivity contribution is 0.0503. The van der Waals surface area contributed by atoms with Gasteiger partial charge in [-0.15, -0.1) is 0 Å². The van der Waals surface area contributed by atoms with Crippen LogP contribution in [0.2, 0.25) is 0 Å². The zero-order valence-electron chi connectivity index (χ0n) is 11.5. The molecule has 2 aromatic rings. The molecule has 3 heteroatoms. The number of fused-ring (bicyclic) bond motifs is 1. The molecule has 1 heterocycles. The third kappa shape index (κ3) is 2.41. The van der Waals surface area contributed by atoms with E-state index in [1.165, 1.54) is 0 Å². The number of aliphatic hydroxyl groups excluding tert-OH is 1. The summed E-state index contributed by atoms with van der Waals surface area (Å²) in [6.45, 7) is 0.802. The summed E-state index contributed by atoms with van der Waals surface area (Å²) in [7, 11) is 0. The fraction of sp³-hybridized carbons (Fsp3) is 0.353. The molecule has 3 nitrogen and oxygen atoms in total. The molecule has 1 N–H and O–H groups in total. The van der Waals surface area contributed by atoms with Crippen molar-refractivity contribution in [3.8, 4) is 0 Å². The minimum atomic E-state index is -0.0253. The maximum absolute atomic E-state index is 12.6. The topological polar surface area (TPSA) is 40.5 Å². The Hall–Kier alpha value is -1.87. The number of likely N-dealkylation sites (tertiary alicyclic amines) is 1. The van der Waals surface area contributed by atoms with Gasteiger partial charge in [-0.25, -0.2) is 0 Å². The second-order valence-electron chi connectivity index (χ2n) is 5.39. The van der Waals surface area contributed by atoms with Crippen molar-refractivity contribution in [2.45, 2.75) is 25.3 Å². The number of rotatable bonds is 2. The number of piperidine rings is 1. The van der Waals surface area contributed by atoms with E-state index in [4.69, 9.17) is 0 Å². The van der Waals surface area contributed by atoms with E-state index < -0.39 is 0 Å². The van der Waals surface area contributed by atoms with Gasteiger partial charge in [-0.1, -0.05) is 30.3 Å². The summed E-state index contributed by atoms with van der Waals surface area (Å²) in [5.41, 5.74) is 0.712. The summed E-state index contributed by atoms with van der Waals surface area (Å²) in [4.78, 5) is 14.5. The number of hydrogen-bond acceptors (Lipinski definition) is 2. The molecule has 0 aromatic heterocycles. The molecule has 1 aliphatic heterocycles. The van der Waals surface area contributed by atoms with E-state index >= 15 is 0 Å². The summed E-state index contributed by atoms with van der Waals surface area (Å²) >= 11 is 0. The molecule has 0 radical (unpaired) electrons. The van der Waals surface area contributed by atoms with Crippen molar-refractivity contribution < 1.29 is 9.90 Å². The maximum Gasteiger partial charge on any atom is 0.254 e. The Bertz CT molecular complexity index is 623. The van der Waals surface area contributed by atoms with Gasteiger partial charge in [0, 0.05) is 12.1 Å². The first-order chi connectivity index (χ1) is 9.79. The maximum atomic E-state index is 12.6. The zero-order valence-corrected chi connectivity index (χ0v) is 11.5. The Morgan fingerprint density at radius 1 is 1.15 bits per heavy atom. The van der Waals surface area contributed by atoms with Crippen LogP contribution in [0.15, 0.2) is 42.5 Å². The van der Waals surface area contributed by atoms with Crippen LogP contribution in [0, 0.1) is 0 Å². The van der Waals surface area contributed by atoms with Gasteiger partial charge in [0.15, 0.2) is 0 Å². The average molecular weight is 269 g/mol. The SMILES string of the molecule is O=C(c1ccc2ccccc2c1)N1CCCCC1CO. The average Bonchev–Trinajstić information content (AvgIpc) is 2.53. The number of carbonyl (C=O) groups excluding carboxylic acids is 1. The van der Waals surface area contributed by atoms with E-state index in [-0.39, 0.29) is 18.6 Å². The van der Waals surface area contributed by atoms with Crippen LogP contribution in [-0.2, 0) is 0 Å². The summed E-state index contributed by atoms with van der Waals surface area (Å²) < 4.78 is 0. The van der Waals surface area contributed by atoms with Gasteiger partial charge in [0.2, 0.25) is 0 Å². The normalized spacial score (nSPS) is 19.2. The fourth-order valence-corrected chi connectivity index (χ4v) is 2.95. The third-order valence-corrected chi connectivity index (χ3v) is 4.10. The van der Waals surface area contributed by atoms with Gasteiger partial charge < -0.3 is 10.0 Å². The van der Waals surface area contributed by atoms with Crippen molar-refractivity contribution in [2.75, 3.05) is 13.2 Å². The van der Waals surface area contributed by atoms with Gasteiger partial charge in [0.1, 0.15) is 0 Å². The van der Waals surface area contributed by atoms with Crippen LogP contribution in [0.5, 0.6) is 0 Å². The summed E-state index contributed by atoms with van der Waals surface area (Å²) in [5, 5.41) is 11.7. The highest BCUT2D eigenvalue weighted by atomic mass is 16.3. The minimum Gasteiger partial charge on any atom is -0.394 e. The van der Waals surface area contributed by atoms with Crippen LogP contribution in [0.25, 0.3) is 10.8 Å². The molecule has 1 saturated heterocycles. The lowest BCUT2D eigenvalue weighted by Crippen LogP contribution is -2.45. The van der Waals surface area contributed by atoms with Crippen molar-refractivity contribution in [1.29, 1.82) is 0 Å². The number of nitrogens with zero attached hydrogens (tertiary/aromatic N) is 1. The number of benzene rings is 2. The Morgan fingerprint density at radius 2 is 1.95 bits per heavy atom. The molecule has 104 valence electrons. The molecule has 0 spiro atoms. The number of carbonyl (C=O) groups is 1. The fourth-order valence-electron chi connectivity index (χ4n) is 2.95. The minimum absolute atomic E-state index is 0.0253. The zero-order chi connectivity index (χ0) is 13.9. The first-order valence-electron chi connectivity index (χ1n) is 7.20. The van der Waals surface area contributed by atoms with Crippen molar-refractivity contribution in [2.24, 2.45) is 0 Å². The first kappa shape index (κ1) is 13.1. The van der Waals surface area contributed by atoms with E-state index in [0.717, 1.165) is 36.6 Å². The summed E-state index contributed by atoms with van der Waals surface area (Å²) in [6.07, 6.45) is 3.01. The molecule has 1 atom stereocenters. The molecule has 0 aliphatic carbocycles. The Balaban J connectivity index is 1.91. The van der Waals surface area contributed by atoms with E-state index in [0.29, 0.717) is 5.56 Å². The monoisotopic (exact) mass is 269 g/mol. The number of aliphatic hydroxyl groups is 1. The smallest absolute Gasteiger partial charge is 0.254 e. The molecule has 20 heavy (non-hydrogen) atoms. The number of amides is 1. The molecule has 0 bridgehead atoms. The van der Waals surface area contributed by atoms with Crippen molar-refractivity contribution >= 4 is 16.7 Å². The molecule has 2 aromatic carbocycles. The van der Waals surface area contributed by atoms with Crippen molar-refractivity contribution in [3.63, 3.8) is 0 Å². The van der Waals surface area contributed by atoms with Gasteiger partial charge in [0.25, 0.3) is 5.91 Å². The summed E-state index contributed by atoms with van der Waals surface area (Å²) in [6, 6.07) is 13.8. The highest BCUT2D eigenvalue weighted by Crippen LogP contribution is 2.22. The van der Waals surface area contributed by atoms with Crippen LogP contribution in [-0.4, -0.2) is 35.1 Å². The van der Waals surface area contributed by atoms with Crippen LogP contribution < -0.4 is 0 Å². The van der Waals surface area contributed by atoms with E-state index in [9.17, 15) is 9.90 Å². The second-order valence-corrected chi connectivity index (χ2v) is 5.39. The third-order valence-electron chi connectivity index (χ3n) is 4.10. The highest BCUT2D eigenvalue weighted by Gasteiger charge is 2.26. The largest absolute Gasteiger partial charge is 0.394 e. The standard InChI is InChI=1S/C17H19NO2/c19-12-16-7-3-4-10-18(16)17(20)15-9-8-13-5-1-2-6-14(13)11-15/h1-2,5-6,8-9,11,16,19H,3-4,7,10,12H2. The van der Waals surface area contributed by atoms with E-state index in [1.807, 2.05) is 47.4 Å². The molecule has 1 unspecified atom stereocenters. The van der Waals surface area contributed by atoms with Gasteiger partial charge >= 0.3 is 0 Å². The van der Waals surface area contributed by atoms with Gasteiger partial charge in [-0.2, -0.15) is 0 Å². The Morgan fingerprint density at radius 3 is 2.75 bits per heavy atom. The van der Waals surface area contributed by atoms with Crippen LogP contribution >= 0.6 is 0 Å². The molecule has 1 aliphatic rings. The van der Waals surface area contributed by atoms with Gasteiger partial charge in [-0.3, -0.25) is 4.79 Å². The molecular formula is C17H19NO2. The predicted octanol–water partition coefficient (Wildman–Crippen LogP) is 2.83. The molecular weight excluding hydrogens is 250 g/mol. The summed E-state index contributed by atoms with van der Waals surface area (Å²) in [5.74, 6) is 0.0366. The molecule has 3 rings (SSSR count). The lowest BCUT2D eigenvalue weighted by Gasteiger charge is -2.34. The molecule has 0 saturated carbocycles. The van der Waals surface area contributed by atoms with Gasteiger partial charge in [0.05, 0.1) is 12.6 Å². The second kappa shape index (κ2) is 5.63. The van der Waals surface area contributed by atoms with Crippen LogP contribution in [0.3, 0.4) is 0 Å². The Kier molecular flexibility index (Phi) is 3.70. The van der Waals surface area contributed by atoms with Crippen molar-refractivity contribution in [3.05, 3.63) is 48.0 Å². The number of hydrogen-bond donors (Lipinski definition) is 1. The molecule has 1 fully saturated rings. The van der Waals surface area contributed by atoms with E-state index in [1.54, 1.807) is 0 Å². The Labute approximate surface area is 118 Å². The predicted molar refractivity (Wildman–Crippen MR) is 79.7 cm³/mol. The highest BCUT2D eigenvalue weighted by molar-refractivity contribution is 5.98. The molecule has 1 amide bonds. The van der Waals surface area contributed by atoms with Crippen LogP contribution in [0.1, 0.15) is 29.6 Å². The first-order valence-corrected chi connectivity index (χ1v) is 7.20. The van der Waals surface area contributed by atoms with Crippen LogP contribution in [0.4, 0.5) is 0 Å². The lowest BCUT2D eigenvalue weighted by atomic mass is 10.0. The quantitative estimate of drug-likeness (QED) is 0.910. The van der Waals surface area contributed by atoms with Crippen molar-refractivity contribution in [1.82, 2.24) is 4.90 Å². The van der Waals surface area contributed by atoms with E-state index in [2.05, 4.69) is 0 Å².